The van der Waals surface area contributed by atoms with E-state index in [0.29, 0.717) is 5.92 Å². The summed E-state index contributed by atoms with van der Waals surface area (Å²) in [6.07, 6.45) is 5.44. The van der Waals surface area contributed by atoms with Gasteiger partial charge < -0.3 is 5.11 Å². The number of aliphatic hydroxyl groups is 1. The Morgan fingerprint density at radius 3 is 2.38 bits per heavy atom. The van der Waals surface area contributed by atoms with E-state index in [1.54, 1.807) is 0 Å². The Hall–Kier alpha value is -2.61. The van der Waals surface area contributed by atoms with Crippen molar-refractivity contribution >= 4 is 16.3 Å². The Labute approximate surface area is 174 Å². The number of aryl methyl sites for hydroxylation is 2. The summed E-state index contributed by atoms with van der Waals surface area (Å²) in [6.45, 7) is 13.3. The topological polar surface area (TPSA) is 24.1 Å². The van der Waals surface area contributed by atoms with Gasteiger partial charge in [0.25, 0.3) is 0 Å². The molecule has 4 rings (SSSR count). The summed E-state index contributed by atoms with van der Waals surface area (Å²) in [4.78, 5) is 0. The molecule has 0 amide bonds. The summed E-state index contributed by atoms with van der Waals surface area (Å²) in [5.74, 6) is 0.484. The van der Waals surface area contributed by atoms with Crippen molar-refractivity contribution in [2.75, 3.05) is 0 Å². The van der Waals surface area contributed by atoms with Crippen molar-refractivity contribution in [1.29, 1.82) is 0 Å². The van der Waals surface area contributed by atoms with Gasteiger partial charge in [-0.3, -0.25) is 0 Å². The van der Waals surface area contributed by atoms with Gasteiger partial charge in [-0.05, 0) is 54.0 Å². The van der Waals surface area contributed by atoms with E-state index in [4.69, 9.17) is 0 Å². The van der Waals surface area contributed by atoms with Gasteiger partial charge in [-0.1, -0.05) is 45.9 Å². The molecule has 0 fully saturated rings. The zero-order valence-corrected chi connectivity index (χ0v) is 18.5. The van der Waals surface area contributed by atoms with Crippen LogP contribution in [0.25, 0.3) is 27.6 Å². The molecule has 29 heavy (non-hydrogen) atoms. The summed E-state index contributed by atoms with van der Waals surface area (Å²) in [7, 11) is 0. The fourth-order valence-electron chi connectivity index (χ4n) is 5.30. The zero-order valence-electron chi connectivity index (χ0n) is 18.5. The van der Waals surface area contributed by atoms with Gasteiger partial charge in [-0.25, -0.2) is 0 Å². The molecule has 0 atom stereocenters. The molecule has 1 aromatic heterocycles. The van der Waals surface area contributed by atoms with E-state index in [1.165, 1.54) is 50.5 Å². The summed E-state index contributed by atoms with van der Waals surface area (Å²) in [6, 6.07) is 13.6. The number of aromatic nitrogens is 1. The Bertz CT molecular complexity index is 1130. The number of aliphatic hydroxyl groups excluding tert-OH is 1. The fraction of sp³-hybridized carbons (Fsp3) is 0.370. The molecule has 2 aromatic carbocycles. The predicted octanol–water partition coefficient (Wildman–Crippen LogP) is 6.96. The van der Waals surface area contributed by atoms with E-state index < -0.39 is 0 Å². The van der Waals surface area contributed by atoms with E-state index >= 15 is 0 Å². The fourth-order valence-corrected chi connectivity index (χ4v) is 5.30. The van der Waals surface area contributed by atoms with Crippen LogP contribution in [0.5, 0.6) is 0 Å². The van der Waals surface area contributed by atoms with Gasteiger partial charge in [0.1, 0.15) is 0 Å². The highest BCUT2D eigenvalue weighted by molar-refractivity contribution is 5.98. The second kappa shape index (κ2) is 7.02. The second-order valence-corrected chi connectivity index (χ2v) is 8.82. The molecular formula is C27H32NO+. The van der Waals surface area contributed by atoms with Crippen molar-refractivity contribution in [2.45, 2.75) is 65.8 Å². The molecule has 0 radical (unpaired) electrons. The number of hydrogen-bond donors (Lipinski definition) is 1. The average molecular weight is 387 g/mol. The third-order valence-corrected chi connectivity index (χ3v) is 6.91. The molecule has 0 unspecified atom stereocenters. The van der Waals surface area contributed by atoms with Gasteiger partial charge >= 0.3 is 0 Å². The smallest absolute Gasteiger partial charge is 0.221 e. The van der Waals surface area contributed by atoms with Gasteiger partial charge in [0.05, 0.1) is 22.8 Å². The number of nitrogens with zero attached hydrogens (tertiary/aromatic N) is 1. The standard InChI is InChI=1S/C27H31NO/c1-7-27(8-2)24(16-29)25-19(6)13-18(5)14-23(25)26-22-15-21(17(3)4)10-9-20(22)11-12-28(26)27/h9-17H,7-8H2,1-6H3/p+1. The Balaban J connectivity index is 2.24. The number of allylic oxidation sites excluding steroid dienone is 1. The summed E-state index contributed by atoms with van der Waals surface area (Å²) in [5, 5.41) is 13.0. The molecule has 1 N–H and O–H groups in total. The first-order valence-electron chi connectivity index (χ1n) is 10.8. The van der Waals surface area contributed by atoms with E-state index in [-0.39, 0.29) is 5.54 Å². The van der Waals surface area contributed by atoms with Crippen molar-refractivity contribution in [3.63, 3.8) is 0 Å². The van der Waals surface area contributed by atoms with Crippen molar-refractivity contribution in [1.82, 2.24) is 0 Å². The molecule has 0 bridgehead atoms. The molecule has 0 saturated carbocycles. The highest BCUT2D eigenvalue weighted by atomic mass is 16.2. The third-order valence-electron chi connectivity index (χ3n) is 6.91. The first kappa shape index (κ1) is 19.7. The molecule has 0 spiro atoms. The number of fused-ring (bicyclic) bond motifs is 5. The Morgan fingerprint density at radius 2 is 1.76 bits per heavy atom. The molecule has 2 heteroatoms. The largest absolute Gasteiger partial charge is 0.515 e. The lowest BCUT2D eigenvalue weighted by Crippen LogP contribution is -2.59. The minimum atomic E-state index is -0.251. The summed E-state index contributed by atoms with van der Waals surface area (Å²) >= 11 is 0. The predicted molar refractivity (Wildman–Crippen MR) is 122 cm³/mol. The lowest BCUT2D eigenvalue weighted by molar-refractivity contribution is -0.740. The van der Waals surface area contributed by atoms with Crippen LogP contribution in [0.1, 0.15) is 68.7 Å². The molecule has 1 aliphatic heterocycles. The monoisotopic (exact) mass is 386 g/mol. The van der Waals surface area contributed by atoms with Gasteiger partial charge in [-0.15, -0.1) is 0 Å². The van der Waals surface area contributed by atoms with E-state index in [0.717, 1.165) is 18.4 Å². The van der Waals surface area contributed by atoms with Crippen LogP contribution in [0.15, 0.2) is 48.9 Å². The van der Waals surface area contributed by atoms with Crippen LogP contribution in [0, 0.1) is 13.8 Å². The normalized spacial score (nSPS) is 16.3. The Kier molecular flexibility index (Phi) is 4.77. The molecule has 1 aliphatic rings. The molecule has 0 saturated heterocycles. The number of rotatable bonds is 3. The zero-order chi connectivity index (χ0) is 20.9. The van der Waals surface area contributed by atoms with Gasteiger partial charge in [-0.2, -0.15) is 4.57 Å². The van der Waals surface area contributed by atoms with Gasteiger partial charge in [0.2, 0.25) is 5.69 Å². The number of benzene rings is 2. The molecule has 150 valence electrons. The van der Waals surface area contributed by atoms with Crippen LogP contribution in [-0.4, -0.2) is 5.11 Å². The van der Waals surface area contributed by atoms with Crippen LogP contribution in [-0.2, 0) is 5.54 Å². The lowest BCUT2D eigenvalue weighted by atomic mass is 9.73. The van der Waals surface area contributed by atoms with Crippen LogP contribution < -0.4 is 4.57 Å². The SMILES string of the molecule is CCC1(CC)/C(=C/O)c2c(C)cc(C)cc2-c2c3cc(C(C)C)ccc3cc[n+]21. The maximum atomic E-state index is 10.4. The lowest BCUT2D eigenvalue weighted by Gasteiger charge is -2.36. The van der Waals surface area contributed by atoms with Crippen LogP contribution >= 0.6 is 0 Å². The maximum Gasteiger partial charge on any atom is 0.221 e. The molecule has 0 aliphatic carbocycles. The third kappa shape index (κ3) is 2.73. The number of hydrogen-bond acceptors (Lipinski definition) is 1. The first-order chi connectivity index (χ1) is 13.9. The van der Waals surface area contributed by atoms with Crippen molar-refractivity contribution in [2.24, 2.45) is 0 Å². The van der Waals surface area contributed by atoms with Crippen molar-refractivity contribution < 1.29 is 9.67 Å². The summed E-state index contributed by atoms with van der Waals surface area (Å²) < 4.78 is 2.43. The van der Waals surface area contributed by atoms with Crippen molar-refractivity contribution in [3.05, 3.63) is 71.1 Å². The van der Waals surface area contributed by atoms with Crippen LogP contribution in [0.3, 0.4) is 0 Å². The summed E-state index contributed by atoms with van der Waals surface area (Å²) in [5.41, 5.74) is 8.33. The van der Waals surface area contributed by atoms with E-state index in [9.17, 15) is 5.11 Å². The quantitative estimate of drug-likeness (QED) is 0.382. The second-order valence-electron chi connectivity index (χ2n) is 8.82. The van der Waals surface area contributed by atoms with Gasteiger partial charge in [0.15, 0.2) is 11.7 Å². The van der Waals surface area contributed by atoms with E-state index in [1.807, 2.05) is 0 Å². The maximum absolute atomic E-state index is 10.4. The van der Waals surface area contributed by atoms with Crippen LogP contribution in [0.4, 0.5) is 0 Å². The number of pyridine rings is 1. The van der Waals surface area contributed by atoms with E-state index in [2.05, 4.69) is 88.7 Å². The highest BCUT2D eigenvalue weighted by Gasteiger charge is 2.49. The average Bonchev–Trinajstić information content (AvgIpc) is 2.71. The van der Waals surface area contributed by atoms with Crippen molar-refractivity contribution in [3.8, 4) is 11.3 Å². The Morgan fingerprint density at radius 1 is 1.03 bits per heavy atom. The minimum absolute atomic E-state index is 0.251. The molecular weight excluding hydrogens is 354 g/mol. The minimum Gasteiger partial charge on any atom is -0.515 e. The van der Waals surface area contributed by atoms with Crippen LogP contribution in [0.2, 0.25) is 0 Å². The molecule has 2 nitrogen and oxygen atoms in total. The van der Waals surface area contributed by atoms with Gasteiger partial charge in [0, 0.05) is 24.5 Å². The molecule has 2 heterocycles. The highest BCUT2D eigenvalue weighted by Crippen LogP contribution is 2.47. The first-order valence-corrected chi connectivity index (χ1v) is 10.8. The molecule has 3 aromatic rings.